The molecule has 2 aromatic heterocycles. The van der Waals surface area contributed by atoms with Crippen molar-refractivity contribution in [3.63, 3.8) is 0 Å². The monoisotopic (exact) mass is 708 g/mol. The van der Waals surface area contributed by atoms with Crippen molar-refractivity contribution in [2.75, 3.05) is 0 Å². The number of aromatic nitrogens is 2. The minimum atomic E-state index is 1.14. The van der Waals surface area contributed by atoms with Crippen LogP contribution < -0.4 is 0 Å². The Morgan fingerprint density at radius 2 is 0.574 bits per heavy atom. The molecule has 0 aliphatic carbocycles. The van der Waals surface area contributed by atoms with E-state index in [2.05, 4.69) is 158 Å². The molecule has 0 amide bonds. The van der Waals surface area contributed by atoms with E-state index < -0.39 is 0 Å². The Labute approximate surface area is 322 Å². The first-order valence-corrected chi connectivity index (χ1v) is 20.9. The van der Waals surface area contributed by atoms with Gasteiger partial charge in [0.25, 0.3) is 0 Å². The topological polar surface area (TPSA) is 9.86 Å². The maximum Gasteiger partial charge on any atom is 0.0541 e. The highest BCUT2D eigenvalue weighted by molar-refractivity contribution is 6.10. The summed E-state index contributed by atoms with van der Waals surface area (Å²) in [4.78, 5) is 0. The van der Waals surface area contributed by atoms with Crippen molar-refractivity contribution in [1.82, 2.24) is 9.13 Å². The van der Waals surface area contributed by atoms with Crippen LogP contribution in [0.2, 0.25) is 0 Å². The van der Waals surface area contributed by atoms with E-state index in [1.165, 1.54) is 140 Å². The van der Waals surface area contributed by atoms with Gasteiger partial charge in [-0.05, 0) is 158 Å². The van der Waals surface area contributed by atoms with Crippen LogP contribution in [0.1, 0.15) is 101 Å². The van der Waals surface area contributed by atoms with Crippen LogP contribution >= 0.6 is 0 Å². The predicted molar refractivity (Wildman–Crippen MR) is 235 cm³/mol. The maximum absolute atomic E-state index is 2.47. The Morgan fingerprint density at radius 1 is 0.315 bits per heavy atom. The number of benzene rings is 6. The van der Waals surface area contributed by atoms with Crippen LogP contribution in [0.3, 0.4) is 0 Å². The number of fused-ring (bicyclic) bond motifs is 6. The molecule has 2 nitrogen and oxygen atoms in total. The van der Waals surface area contributed by atoms with Gasteiger partial charge in [0.15, 0.2) is 0 Å². The van der Waals surface area contributed by atoms with Gasteiger partial charge < -0.3 is 9.13 Å². The molecule has 0 saturated heterocycles. The fourth-order valence-corrected chi connectivity index (χ4v) is 8.54. The second kappa shape index (κ2) is 16.1. The first-order chi connectivity index (χ1) is 26.6. The first-order valence-electron chi connectivity index (χ1n) is 20.9. The summed E-state index contributed by atoms with van der Waals surface area (Å²) in [6.07, 6.45) is 14.3. The minimum absolute atomic E-state index is 1.14. The molecule has 0 radical (unpaired) electrons. The number of nitrogens with zero attached hydrogens (tertiary/aromatic N) is 2. The van der Waals surface area contributed by atoms with Crippen LogP contribution in [0, 0.1) is 0 Å². The van der Waals surface area contributed by atoms with Crippen molar-refractivity contribution < 1.29 is 0 Å². The number of hydrogen-bond acceptors (Lipinski definition) is 0. The van der Waals surface area contributed by atoms with E-state index in [4.69, 9.17) is 0 Å². The molecular formula is C52H56N2. The highest BCUT2D eigenvalue weighted by Crippen LogP contribution is 2.37. The smallest absolute Gasteiger partial charge is 0.0541 e. The lowest BCUT2D eigenvalue weighted by Gasteiger charge is -2.12. The number of rotatable bonds is 15. The lowest BCUT2D eigenvalue weighted by Crippen LogP contribution is -1.95. The zero-order chi connectivity index (χ0) is 37.0. The first kappa shape index (κ1) is 35.9. The van der Waals surface area contributed by atoms with Crippen LogP contribution in [-0.2, 0) is 25.7 Å². The van der Waals surface area contributed by atoms with Gasteiger partial charge in [-0.15, -0.1) is 0 Å². The summed E-state index contributed by atoms with van der Waals surface area (Å²) in [7, 11) is 0. The summed E-state index contributed by atoms with van der Waals surface area (Å²) in [5, 5.41) is 5.49. The molecule has 0 aliphatic heterocycles. The van der Waals surface area contributed by atoms with E-state index in [9.17, 15) is 0 Å². The molecule has 2 heterocycles. The molecule has 0 spiro atoms. The highest BCUT2D eigenvalue weighted by atomic mass is 15.0. The van der Waals surface area contributed by atoms with Crippen molar-refractivity contribution in [3.8, 4) is 22.5 Å². The zero-order valence-corrected chi connectivity index (χ0v) is 32.9. The van der Waals surface area contributed by atoms with E-state index in [1.54, 1.807) is 0 Å². The van der Waals surface area contributed by atoms with Gasteiger partial charge in [-0.2, -0.15) is 0 Å². The van der Waals surface area contributed by atoms with Gasteiger partial charge in [0.05, 0.1) is 22.1 Å². The lowest BCUT2D eigenvalue weighted by atomic mass is 10.0. The van der Waals surface area contributed by atoms with Gasteiger partial charge in [0.1, 0.15) is 0 Å². The summed E-state index contributed by atoms with van der Waals surface area (Å²) in [6, 6.07) is 47.0. The fraction of sp³-hybridized carbons (Fsp3) is 0.308. The number of aryl methyl sites for hydroxylation is 4. The van der Waals surface area contributed by atoms with Crippen molar-refractivity contribution in [2.24, 2.45) is 0 Å². The Kier molecular flexibility index (Phi) is 10.7. The van der Waals surface area contributed by atoms with E-state index in [1.807, 2.05) is 0 Å². The summed E-state index contributed by atoms with van der Waals surface area (Å²) in [5.74, 6) is 0. The van der Waals surface area contributed by atoms with Crippen LogP contribution in [0.25, 0.3) is 66.1 Å². The number of unbranched alkanes of at least 4 members (excludes halogenated alkanes) is 4. The molecule has 8 aromatic rings. The van der Waals surface area contributed by atoms with Gasteiger partial charge in [-0.25, -0.2) is 0 Å². The molecule has 8 rings (SSSR count). The second-order valence-electron chi connectivity index (χ2n) is 15.6. The quantitative estimate of drug-likeness (QED) is 0.100. The maximum atomic E-state index is 2.47. The fourth-order valence-electron chi connectivity index (χ4n) is 8.54. The molecule has 0 saturated carbocycles. The number of hydrogen-bond donors (Lipinski definition) is 0. The summed E-state index contributed by atoms with van der Waals surface area (Å²) >= 11 is 0. The predicted octanol–water partition coefficient (Wildman–Crippen LogP) is 14.9. The molecule has 2 heteroatoms. The van der Waals surface area contributed by atoms with Gasteiger partial charge in [-0.3, -0.25) is 0 Å². The molecule has 0 bridgehead atoms. The Morgan fingerprint density at radius 3 is 0.815 bits per heavy atom. The average molecular weight is 709 g/mol. The molecular weight excluding hydrogens is 653 g/mol. The van der Waals surface area contributed by atoms with Crippen molar-refractivity contribution >= 4 is 43.6 Å². The second-order valence-corrected chi connectivity index (χ2v) is 15.6. The van der Waals surface area contributed by atoms with Crippen molar-refractivity contribution in [3.05, 3.63) is 144 Å². The third-order valence-electron chi connectivity index (χ3n) is 11.6. The Balaban J connectivity index is 1.14. The summed E-state index contributed by atoms with van der Waals surface area (Å²) in [5.41, 5.74) is 15.8. The van der Waals surface area contributed by atoms with E-state index in [0.717, 1.165) is 25.7 Å². The normalized spacial score (nSPS) is 11.9. The van der Waals surface area contributed by atoms with Crippen molar-refractivity contribution in [2.45, 2.75) is 105 Å². The minimum Gasteiger partial charge on any atom is -0.309 e. The lowest BCUT2D eigenvalue weighted by molar-refractivity contribution is 0.795. The average Bonchev–Trinajstić information content (AvgIpc) is 3.72. The summed E-state index contributed by atoms with van der Waals surface area (Å²) in [6.45, 7) is 9.11. The Hall–Kier alpha value is -5.08. The van der Waals surface area contributed by atoms with Gasteiger partial charge >= 0.3 is 0 Å². The summed E-state index contributed by atoms with van der Waals surface area (Å²) < 4.78 is 4.93. The van der Waals surface area contributed by atoms with E-state index in [0.29, 0.717) is 0 Å². The van der Waals surface area contributed by atoms with Gasteiger partial charge in [0.2, 0.25) is 0 Å². The van der Waals surface area contributed by atoms with Gasteiger partial charge in [-0.1, -0.05) is 102 Å². The van der Waals surface area contributed by atoms with Crippen molar-refractivity contribution in [1.29, 1.82) is 0 Å². The van der Waals surface area contributed by atoms with Crippen LogP contribution in [-0.4, -0.2) is 9.13 Å². The van der Waals surface area contributed by atoms with E-state index >= 15 is 0 Å². The van der Waals surface area contributed by atoms with E-state index in [-0.39, 0.29) is 0 Å². The van der Waals surface area contributed by atoms with Crippen LogP contribution in [0.5, 0.6) is 0 Å². The SMILES string of the molecule is CCCCc1ccc2c(c1)c1cc(CCCC)ccc1n2-c1ccc(-c2ccc(-n3c4ccc(CCCC)cc4c4cc(CCCC)ccc43)cc2)cc1. The largest absolute Gasteiger partial charge is 0.309 e. The molecule has 274 valence electrons. The third-order valence-corrected chi connectivity index (χ3v) is 11.6. The molecule has 0 fully saturated rings. The molecule has 0 N–H and O–H groups in total. The molecule has 54 heavy (non-hydrogen) atoms. The molecule has 0 aliphatic rings. The van der Waals surface area contributed by atoms with Crippen LogP contribution in [0.15, 0.2) is 121 Å². The highest BCUT2D eigenvalue weighted by Gasteiger charge is 2.16. The molecule has 0 unspecified atom stereocenters. The molecule has 6 aromatic carbocycles. The standard InChI is InChI=1S/C52H56N2/c1-5-9-13-37-17-29-49-45(33-37)46-34-38(14-10-6-2)18-30-50(46)53(49)43-25-21-41(22-26-43)42-23-27-44(28-24-42)54-51-31-19-39(15-11-7-3)35-47(51)48-36-40(16-12-8-4)20-32-52(48)54/h17-36H,5-16H2,1-4H3. The van der Waals surface area contributed by atoms with Crippen LogP contribution in [0.4, 0.5) is 0 Å². The third kappa shape index (κ3) is 7.00. The zero-order valence-electron chi connectivity index (χ0n) is 32.9. The molecule has 0 atom stereocenters. The van der Waals surface area contributed by atoms with Gasteiger partial charge in [0, 0.05) is 32.9 Å². The Bertz CT molecular complexity index is 2210.